The lowest BCUT2D eigenvalue weighted by atomic mass is 10.1. The molecule has 0 bridgehead atoms. The van der Waals surface area contributed by atoms with E-state index in [9.17, 15) is 0 Å². The molecule has 0 saturated carbocycles. The van der Waals surface area contributed by atoms with Crippen LogP contribution in [0.25, 0.3) is 11.3 Å². The summed E-state index contributed by atoms with van der Waals surface area (Å²) >= 11 is 0. The Labute approximate surface area is 110 Å². The maximum atomic E-state index is 5.95. The highest BCUT2D eigenvalue weighted by Gasteiger charge is 2.20. The Bertz CT molecular complexity index is 629. The van der Waals surface area contributed by atoms with Gasteiger partial charge in [-0.25, -0.2) is 0 Å². The van der Waals surface area contributed by atoms with Crippen LogP contribution in [0.3, 0.4) is 0 Å². The molecule has 100 valence electrons. The highest BCUT2D eigenvalue weighted by molar-refractivity contribution is 5.68. The third-order valence-corrected chi connectivity index (χ3v) is 3.32. The third-order valence-electron chi connectivity index (χ3n) is 3.32. The van der Waals surface area contributed by atoms with Crippen LogP contribution >= 0.6 is 0 Å². The Kier molecular flexibility index (Phi) is 2.87. The minimum Gasteiger partial charge on any atom is -0.484 e. The highest BCUT2D eigenvalue weighted by Crippen LogP contribution is 2.27. The second-order valence-electron chi connectivity index (χ2n) is 4.66. The summed E-state index contributed by atoms with van der Waals surface area (Å²) in [5.41, 5.74) is 8.81. The lowest BCUT2D eigenvalue weighted by Gasteiger charge is -2.15. The molecule has 0 unspecified atom stereocenters. The van der Waals surface area contributed by atoms with Gasteiger partial charge in [0.05, 0.1) is 13.2 Å². The summed E-state index contributed by atoms with van der Waals surface area (Å²) in [5, 5.41) is 8.03. The van der Waals surface area contributed by atoms with Crippen LogP contribution in [0.15, 0.2) is 19.0 Å². The van der Waals surface area contributed by atoms with Crippen molar-refractivity contribution < 1.29 is 9.47 Å². The molecule has 3 heterocycles. The molecule has 2 aromatic heterocycles. The van der Waals surface area contributed by atoms with Crippen LogP contribution in [0, 0.1) is 6.92 Å². The normalized spacial score (nSPS) is 18.9. The van der Waals surface area contributed by atoms with Crippen LogP contribution in [-0.2, 0) is 4.74 Å². The van der Waals surface area contributed by atoms with E-state index in [0.717, 1.165) is 24.3 Å². The number of nitrogens with two attached hydrogens (primary N) is 1. The molecule has 1 atom stereocenters. The summed E-state index contributed by atoms with van der Waals surface area (Å²) in [6, 6.07) is 1.88. The van der Waals surface area contributed by atoms with Crippen LogP contribution in [0.4, 0.5) is 0 Å². The van der Waals surface area contributed by atoms with E-state index in [1.807, 2.05) is 17.4 Å². The summed E-state index contributed by atoms with van der Waals surface area (Å²) in [7, 11) is 0. The van der Waals surface area contributed by atoms with E-state index in [2.05, 4.69) is 16.8 Å². The smallest absolute Gasteiger partial charge is 0.203 e. The number of ether oxygens (including phenoxy) is 2. The number of hydrogen-bond donors (Lipinski definition) is 1. The molecule has 6 nitrogen and oxygen atoms in total. The second kappa shape index (κ2) is 4.55. The molecule has 1 aliphatic rings. The van der Waals surface area contributed by atoms with Crippen LogP contribution < -0.4 is 10.5 Å². The molecule has 2 aromatic rings. The minimum absolute atomic E-state index is 0.0575. The van der Waals surface area contributed by atoms with Crippen LogP contribution in [0.1, 0.15) is 17.7 Å². The van der Waals surface area contributed by atoms with Gasteiger partial charge in [-0.3, -0.25) is 4.40 Å². The molecule has 1 aliphatic heterocycles. The van der Waals surface area contributed by atoms with Crippen molar-refractivity contribution >= 4 is 11.3 Å². The van der Waals surface area contributed by atoms with Crippen LogP contribution in [0.5, 0.6) is 5.75 Å². The van der Waals surface area contributed by atoms with Gasteiger partial charge in [0.1, 0.15) is 12.4 Å². The first kappa shape index (κ1) is 12.0. The van der Waals surface area contributed by atoms with E-state index in [4.69, 9.17) is 15.2 Å². The van der Waals surface area contributed by atoms with Crippen LogP contribution in [0.2, 0.25) is 0 Å². The fourth-order valence-corrected chi connectivity index (χ4v) is 2.28. The van der Waals surface area contributed by atoms with Gasteiger partial charge in [-0.2, -0.15) is 0 Å². The van der Waals surface area contributed by atoms with Crippen molar-refractivity contribution in [2.24, 2.45) is 5.73 Å². The molecular weight excluding hydrogens is 244 g/mol. The number of rotatable bonds is 3. The van der Waals surface area contributed by atoms with Gasteiger partial charge in [-0.05, 0) is 13.0 Å². The van der Waals surface area contributed by atoms with Gasteiger partial charge in [0, 0.05) is 23.4 Å². The van der Waals surface area contributed by atoms with Crippen LogP contribution in [-0.4, -0.2) is 33.9 Å². The van der Waals surface area contributed by atoms with Gasteiger partial charge >= 0.3 is 0 Å². The molecule has 1 fully saturated rings. The van der Waals surface area contributed by atoms with Crippen molar-refractivity contribution in [2.75, 3.05) is 13.2 Å². The van der Waals surface area contributed by atoms with E-state index in [1.165, 1.54) is 0 Å². The van der Waals surface area contributed by atoms with E-state index in [0.29, 0.717) is 23.7 Å². The summed E-state index contributed by atoms with van der Waals surface area (Å²) in [6.07, 6.45) is 2.59. The molecule has 0 radical (unpaired) electrons. The first-order chi connectivity index (χ1) is 9.16. The highest BCUT2D eigenvalue weighted by atomic mass is 16.5. The Morgan fingerprint density at radius 3 is 3.16 bits per heavy atom. The number of nitrogens with zero attached hydrogens (tertiary/aromatic N) is 3. The Morgan fingerprint density at radius 1 is 1.63 bits per heavy atom. The van der Waals surface area contributed by atoms with Crippen molar-refractivity contribution in [3.63, 3.8) is 0 Å². The summed E-state index contributed by atoms with van der Waals surface area (Å²) < 4.78 is 13.1. The monoisotopic (exact) mass is 260 g/mol. The molecule has 2 N–H and O–H groups in total. The molecule has 0 spiro atoms. The fraction of sp³-hybridized carbons (Fsp3) is 0.385. The number of aromatic nitrogens is 3. The first-order valence-electron chi connectivity index (χ1n) is 6.19. The van der Waals surface area contributed by atoms with Gasteiger partial charge < -0.3 is 15.2 Å². The van der Waals surface area contributed by atoms with Gasteiger partial charge in [0.2, 0.25) is 5.65 Å². The average Bonchev–Trinajstić information content (AvgIpc) is 3.02. The fourth-order valence-electron chi connectivity index (χ4n) is 2.28. The Balaban J connectivity index is 2.08. The zero-order valence-electron chi connectivity index (χ0n) is 10.8. The lowest BCUT2D eigenvalue weighted by Crippen LogP contribution is -2.17. The molecule has 19 heavy (non-hydrogen) atoms. The van der Waals surface area contributed by atoms with Crippen molar-refractivity contribution in [1.82, 2.24) is 14.6 Å². The molecule has 1 saturated heterocycles. The van der Waals surface area contributed by atoms with Gasteiger partial charge in [-0.15, -0.1) is 10.2 Å². The quantitative estimate of drug-likeness (QED) is 0.895. The predicted octanol–water partition coefficient (Wildman–Crippen LogP) is 1.13. The zero-order valence-corrected chi connectivity index (χ0v) is 10.8. The van der Waals surface area contributed by atoms with E-state index in [1.54, 1.807) is 6.33 Å². The number of pyridine rings is 1. The van der Waals surface area contributed by atoms with Gasteiger partial charge in [-0.1, -0.05) is 6.58 Å². The third kappa shape index (κ3) is 2.04. The summed E-state index contributed by atoms with van der Waals surface area (Å²) in [4.78, 5) is 0. The predicted molar refractivity (Wildman–Crippen MR) is 70.8 cm³/mol. The van der Waals surface area contributed by atoms with E-state index >= 15 is 0 Å². The molecule has 0 aromatic carbocycles. The maximum Gasteiger partial charge on any atom is 0.203 e. The van der Waals surface area contributed by atoms with E-state index in [-0.39, 0.29) is 6.10 Å². The van der Waals surface area contributed by atoms with E-state index < -0.39 is 0 Å². The summed E-state index contributed by atoms with van der Waals surface area (Å²) in [5.74, 6) is 0.667. The molecule has 0 amide bonds. The van der Waals surface area contributed by atoms with Crippen molar-refractivity contribution in [2.45, 2.75) is 19.4 Å². The topological polar surface area (TPSA) is 74.7 Å². The average molecular weight is 260 g/mol. The summed E-state index contributed by atoms with van der Waals surface area (Å²) in [6.45, 7) is 7.08. The molecule has 3 rings (SSSR count). The Morgan fingerprint density at radius 2 is 2.47 bits per heavy atom. The maximum absolute atomic E-state index is 5.95. The van der Waals surface area contributed by atoms with Gasteiger partial charge in [0.25, 0.3) is 0 Å². The van der Waals surface area contributed by atoms with Crippen molar-refractivity contribution in [1.29, 1.82) is 0 Å². The molecular formula is C13H16N4O2. The van der Waals surface area contributed by atoms with Gasteiger partial charge in [0.15, 0.2) is 5.75 Å². The second-order valence-corrected chi connectivity index (χ2v) is 4.66. The number of fused-ring (bicyclic) bond motifs is 1. The van der Waals surface area contributed by atoms with Crippen molar-refractivity contribution in [3.05, 3.63) is 30.2 Å². The zero-order chi connectivity index (χ0) is 13.4. The first-order valence-corrected chi connectivity index (χ1v) is 6.19. The number of hydrogen-bond acceptors (Lipinski definition) is 5. The largest absolute Gasteiger partial charge is 0.484 e. The Hall–Kier alpha value is -2.08. The molecule has 0 aliphatic carbocycles. The molecule has 6 heteroatoms. The SMILES string of the molecule is C=C(N)c1cc(O[C@H]2CCOC2)c2nncn2c1C. The van der Waals surface area contributed by atoms with Crippen molar-refractivity contribution in [3.8, 4) is 5.75 Å². The lowest BCUT2D eigenvalue weighted by molar-refractivity contribution is 0.142. The standard InChI is InChI=1S/C13H16N4O2/c1-8(14)11-5-12(19-10-3-4-18-6-10)13-16-15-7-17(13)9(11)2/h5,7,10H,1,3-4,6,14H2,2H3/t10-/m0/s1. The minimum atomic E-state index is 0.0575. The number of aryl methyl sites for hydroxylation is 1.